The topological polar surface area (TPSA) is 130 Å². The number of amides is 1. The van der Waals surface area contributed by atoms with Gasteiger partial charge >= 0.3 is 0 Å². The zero-order valence-corrected chi connectivity index (χ0v) is 19.6. The number of nitriles is 1. The molecule has 2 aromatic heterocycles. The Morgan fingerprint density at radius 3 is 2.74 bits per heavy atom. The van der Waals surface area contributed by atoms with Gasteiger partial charge in [0.2, 0.25) is 16.8 Å². The monoisotopic (exact) mass is 502 g/mol. The number of rotatable bonds is 6. The van der Waals surface area contributed by atoms with Crippen LogP contribution in [0.25, 0.3) is 0 Å². The van der Waals surface area contributed by atoms with E-state index >= 15 is 4.39 Å². The Morgan fingerprint density at radius 1 is 1.31 bits per heavy atom. The van der Waals surface area contributed by atoms with Crippen LogP contribution in [0.5, 0.6) is 5.88 Å². The van der Waals surface area contributed by atoms with E-state index < -0.39 is 34.1 Å². The van der Waals surface area contributed by atoms with Crippen LogP contribution in [0, 0.1) is 23.0 Å². The number of nitrogens with zero attached hydrogens (tertiary/aromatic N) is 5. The smallest absolute Gasteiger partial charge is 0.271 e. The summed E-state index contributed by atoms with van der Waals surface area (Å²) in [7, 11) is -0.744. The number of pyridine rings is 1. The third kappa shape index (κ3) is 4.28. The Balaban J connectivity index is 1.79. The minimum atomic E-state index is -3.48. The Morgan fingerprint density at radius 2 is 2.09 bits per heavy atom. The molecule has 1 aliphatic rings. The lowest BCUT2D eigenvalue weighted by Gasteiger charge is -2.27. The predicted molar refractivity (Wildman–Crippen MR) is 121 cm³/mol. The van der Waals surface area contributed by atoms with Gasteiger partial charge in [0.1, 0.15) is 23.3 Å². The van der Waals surface area contributed by atoms with Crippen molar-refractivity contribution >= 4 is 28.2 Å². The summed E-state index contributed by atoms with van der Waals surface area (Å²) in [4.78, 5) is 20.0. The average molecular weight is 503 g/mol. The number of aromatic nitrogens is 3. The molecule has 0 bridgehead atoms. The second-order valence-electron chi connectivity index (χ2n) is 7.71. The molecule has 1 aromatic carbocycles. The summed E-state index contributed by atoms with van der Waals surface area (Å²) in [5, 5.41) is 11.7. The van der Waals surface area contributed by atoms with Gasteiger partial charge in [-0.2, -0.15) is 5.26 Å². The molecule has 0 saturated heterocycles. The molecule has 1 atom stereocenters. The largest absolute Gasteiger partial charge is 0.479 e. The number of hydrogen-bond donors (Lipinski definition) is 2. The van der Waals surface area contributed by atoms with Crippen molar-refractivity contribution in [3.63, 3.8) is 0 Å². The molecule has 0 fully saturated rings. The number of fused-ring (bicyclic) bond motifs is 1. The normalized spacial score (nSPS) is 14.8. The van der Waals surface area contributed by atoms with Crippen molar-refractivity contribution in [3.8, 4) is 11.9 Å². The van der Waals surface area contributed by atoms with Gasteiger partial charge in [-0.25, -0.2) is 31.5 Å². The molecule has 0 spiro atoms. The highest BCUT2D eigenvalue weighted by molar-refractivity contribution is 7.74. The van der Waals surface area contributed by atoms with Crippen LogP contribution in [0.4, 0.5) is 20.2 Å². The SMILES string of the molecule is CNC(=O)c1ncn2c1CC[C@@H](c1c(F)ccc(N(c3cc(C#N)cnc3OC)[SH](=O)=O)c1F)C2. The van der Waals surface area contributed by atoms with E-state index in [1.165, 1.54) is 32.7 Å². The lowest BCUT2D eigenvalue weighted by molar-refractivity contribution is 0.0957. The van der Waals surface area contributed by atoms with Crippen LogP contribution in [-0.2, 0) is 23.9 Å². The van der Waals surface area contributed by atoms with Gasteiger partial charge in [0.25, 0.3) is 5.91 Å². The highest BCUT2D eigenvalue weighted by atomic mass is 32.2. The van der Waals surface area contributed by atoms with Gasteiger partial charge in [0.05, 0.1) is 30.4 Å². The Kier molecular flexibility index (Phi) is 6.65. The molecule has 0 saturated carbocycles. The van der Waals surface area contributed by atoms with Crippen LogP contribution in [0.15, 0.2) is 30.7 Å². The van der Waals surface area contributed by atoms with Crippen molar-refractivity contribution in [3.05, 3.63) is 64.9 Å². The number of carbonyl (C=O) groups excluding carboxylic acids is 1. The molecule has 1 amide bonds. The fourth-order valence-corrected chi connectivity index (χ4v) is 4.87. The number of halogens is 2. The van der Waals surface area contributed by atoms with Crippen LogP contribution in [0.3, 0.4) is 0 Å². The molecular weight excluding hydrogens is 482 g/mol. The van der Waals surface area contributed by atoms with E-state index in [-0.39, 0.29) is 40.8 Å². The molecule has 0 aliphatic carbocycles. The minimum absolute atomic E-state index is 0.0252. The van der Waals surface area contributed by atoms with Gasteiger partial charge < -0.3 is 14.6 Å². The van der Waals surface area contributed by atoms with E-state index in [2.05, 4.69) is 15.3 Å². The Hall–Kier alpha value is -4.05. The van der Waals surface area contributed by atoms with Crippen LogP contribution < -0.4 is 14.4 Å². The molecule has 1 aliphatic heterocycles. The Labute approximate surface area is 200 Å². The molecule has 0 unspecified atom stereocenters. The Bertz CT molecular complexity index is 1420. The fourth-order valence-electron chi connectivity index (χ4n) is 4.22. The summed E-state index contributed by atoms with van der Waals surface area (Å²) in [6.45, 7) is 0.148. The number of benzene rings is 1. The molecule has 1 N–H and O–H groups in total. The second kappa shape index (κ2) is 9.67. The average Bonchev–Trinajstić information content (AvgIpc) is 3.28. The van der Waals surface area contributed by atoms with Crippen LogP contribution in [0.1, 0.15) is 39.6 Å². The zero-order valence-electron chi connectivity index (χ0n) is 18.7. The first-order chi connectivity index (χ1) is 16.8. The molecule has 10 nitrogen and oxygen atoms in total. The van der Waals surface area contributed by atoms with Crippen molar-refractivity contribution < 1.29 is 26.7 Å². The van der Waals surface area contributed by atoms with Gasteiger partial charge in [-0.15, -0.1) is 0 Å². The summed E-state index contributed by atoms with van der Waals surface area (Å²) in [6.07, 6.45) is 3.28. The molecule has 3 aromatic rings. The first-order valence-corrected chi connectivity index (χ1v) is 11.6. The molecule has 35 heavy (non-hydrogen) atoms. The molecule has 13 heteroatoms. The van der Waals surface area contributed by atoms with E-state index in [0.29, 0.717) is 22.8 Å². The van der Waals surface area contributed by atoms with Crippen LogP contribution >= 0.6 is 0 Å². The summed E-state index contributed by atoms with van der Waals surface area (Å²) < 4.78 is 62.6. The van der Waals surface area contributed by atoms with Crippen molar-refractivity contribution in [2.45, 2.75) is 25.3 Å². The molecule has 4 rings (SSSR count). The number of nitrogens with one attached hydrogen (secondary N) is 1. The number of anilines is 2. The molecule has 0 radical (unpaired) electrons. The number of ether oxygens (including phenoxy) is 1. The van der Waals surface area contributed by atoms with Crippen molar-refractivity contribution in [1.82, 2.24) is 19.9 Å². The summed E-state index contributed by atoms with van der Waals surface area (Å²) in [5.41, 5.74) is 0.0361. The minimum Gasteiger partial charge on any atom is -0.479 e. The number of thiol groups is 1. The quantitative estimate of drug-likeness (QED) is 0.494. The van der Waals surface area contributed by atoms with Gasteiger partial charge in [-0.05, 0) is 31.0 Å². The highest BCUT2D eigenvalue weighted by Crippen LogP contribution is 2.40. The zero-order chi connectivity index (χ0) is 25.3. The summed E-state index contributed by atoms with van der Waals surface area (Å²) >= 11 is 0. The number of hydrogen-bond acceptors (Lipinski definition) is 7. The maximum Gasteiger partial charge on any atom is 0.271 e. The van der Waals surface area contributed by atoms with E-state index in [1.807, 2.05) is 6.07 Å². The summed E-state index contributed by atoms with van der Waals surface area (Å²) in [6, 6.07) is 5.03. The van der Waals surface area contributed by atoms with Crippen molar-refractivity contribution in [1.29, 1.82) is 5.26 Å². The van der Waals surface area contributed by atoms with E-state index in [1.54, 1.807) is 4.57 Å². The lowest BCUT2D eigenvalue weighted by Crippen LogP contribution is -2.25. The first kappa shape index (κ1) is 24.1. The fraction of sp³-hybridized carbons (Fsp3) is 0.273. The maximum atomic E-state index is 15.8. The van der Waals surface area contributed by atoms with Gasteiger partial charge in [0, 0.05) is 31.3 Å². The predicted octanol–water partition coefficient (Wildman–Crippen LogP) is 2.19. The van der Waals surface area contributed by atoms with E-state index in [0.717, 1.165) is 12.1 Å². The number of imidazole rings is 1. The molecule has 3 heterocycles. The number of methoxy groups -OCH3 is 1. The third-order valence-corrected chi connectivity index (χ3v) is 6.58. The first-order valence-electron chi connectivity index (χ1n) is 10.4. The van der Waals surface area contributed by atoms with Crippen LogP contribution in [0.2, 0.25) is 0 Å². The summed E-state index contributed by atoms with van der Waals surface area (Å²) in [5.74, 6) is -3.05. The van der Waals surface area contributed by atoms with Crippen LogP contribution in [-0.4, -0.2) is 43.0 Å². The van der Waals surface area contributed by atoms with Crippen molar-refractivity contribution in [2.24, 2.45) is 0 Å². The van der Waals surface area contributed by atoms with E-state index in [9.17, 15) is 22.9 Å². The maximum absolute atomic E-state index is 15.8. The second-order valence-corrected chi connectivity index (χ2v) is 8.59. The van der Waals surface area contributed by atoms with Gasteiger partial charge in [-0.3, -0.25) is 4.79 Å². The van der Waals surface area contributed by atoms with E-state index in [4.69, 9.17) is 4.74 Å². The standard InChI is InChI=1S/C22H20F2N6O4S/c1-26-21(31)20-16-5-3-13(10-29(16)11-28-20)18-14(23)4-6-15(19(18)24)30(35(32)33)17-7-12(8-25)9-27-22(17)34-2/h4,6-7,9,11,13,35H,3,5,10H2,1-2H3,(H,26,31)/t13-/m1/s1. The molecule has 182 valence electrons. The van der Waals surface area contributed by atoms with Crippen molar-refractivity contribution in [2.75, 3.05) is 18.5 Å². The highest BCUT2D eigenvalue weighted by Gasteiger charge is 2.32. The molecular formula is C22H20F2N6O4S. The lowest BCUT2D eigenvalue weighted by atomic mass is 9.89. The van der Waals surface area contributed by atoms with Gasteiger partial charge in [0.15, 0.2) is 5.82 Å². The third-order valence-electron chi connectivity index (χ3n) is 5.82. The number of carbonyl (C=O) groups is 1. The van der Waals surface area contributed by atoms with Gasteiger partial charge in [-0.1, -0.05) is 0 Å².